The summed E-state index contributed by atoms with van der Waals surface area (Å²) in [7, 11) is 1.83. The molecule has 2 aliphatic heterocycles. The average molecular weight is 739 g/mol. The first-order valence-corrected chi connectivity index (χ1v) is 20.1. The Labute approximate surface area is 320 Å². The summed E-state index contributed by atoms with van der Waals surface area (Å²) >= 11 is 1.85. The molecule has 4 aromatic rings. The van der Waals surface area contributed by atoms with Gasteiger partial charge in [-0.25, -0.2) is 14.3 Å². The molecule has 4 N–H and O–H groups in total. The molecule has 2 aromatic heterocycles. The minimum atomic E-state index is -0.581. The molecule has 3 atom stereocenters. The van der Waals surface area contributed by atoms with Gasteiger partial charge in [-0.05, 0) is 134 Å². The smallest absolute Gasteiger partial charge is 0.226 e. The van der Waals surface area contributed by atoms with Crippen molar-refractivity contribution in [3.05, 3.63) is 77.6 Å². The highest BCUT2D eigenvalue weighted by atomic mass is 32.2. The molecule has 0 spiro atoms. The van der Waals surface area contributed by atoms with Crippen LogP contribution >= 0.6 is 11.9 Å². The zero-order valence-corrected chi connectivity index (χ0v) is 33.4. The maximum absolute atomic E-state index is 6.59. The summed E-state index contributed by atoms with van der Waals surface area (Å²) in [6.45, 7) is 16.6. The van der Waals surface area contributed by atoms with E-state index in [-0.39, 0.29) is 0 Å². The van der Waals surface area contributed by atoms with E-state index in [1.165, 1.54) is 23.3 Å². The van der Waals surface area contributed by atoms with E-state index in [2.05, 4.69) is 122 Å². The van der Waals surface area contributed by atoms with Gasteiger partial charge in [0.1, 0.15) is 17.4 Å². The van der Waals surface area contributed by atoms with Crippen molar-refractivity contribution in [3.8, 4) is 0 Å². The van der Waals surface area contributed by atoms with E-state index in [4.69, 9.17) is 9.72 Å². The van der Waals surface area contributed by atoms with Gasteiger partial charge in [-0.2, -0.15) is 9.97 Å². The number of likely N-dealkylation sites (tertiary alicyclic amines) is 1. The van der Waals surface area contributed by atoms with E-state index in [0.717, 1.165) is 79.5 Å². The molecule has 2 aromatic carbocycles. The van der Waals surface area contributed by atoms with Gasteiger partial charge in [0.05, 0.1) is 6.61 Å². The summed E-state index contributed by atoms with van der Waals surface area (Å²) in [5.41, 5.74) is 4.86. The van der Waals surface area contributed by atoms with Gasteiger partial charge in [0.2, 0.25) is 11.9 Å². The summed E-state index contributed by atoms with van der Waals surface area (Å²) in [5, 5.41) is 13.6. The SMILES string of the molecule is CCCC(C)(Nc1ncc(C)c(Nc2cccc(SN3C(C)CCC3C)c2)n1)OCCN1CCC(c2cccc(Nc3nc(NC)ncc3C)c2)CC1. The lowest BCUT2D eigenvalue weighted by Gasteiger charge is -2.35. The van der Waals surface area contributed by atoms with Crippen LogP contribution < -0.4 is 21.3 Å². The van der Waals surface area contributed by atoms with Crippen LogP contribution in [-0.4, -0.2) is 80.2 Å². The second-order valence-corrected chi connectivity index (χ2v) is 16.0. The Morgan fingerprint density at radius 2 is 1.47 bits per heavy atom. The summed E-state index contributed by atoms with van der Waals surface area (Å²) in [5.74, 6) is 3.32. The number of benzene rings is 2. The van der Waals surface area contributed by atoms with Crippen LogP contribution in [0, 0.1) is 13.8 Å². The molecule has 11 nitrogen and oxygen atoms in total. The van der Waals surface area contributed by atoms with Crippen molar-refractivity contribution in [2.24, 2.45) is 0 Å². The number of rotatable bonds is 16. The number of nitrogens with zero attached hydrogens (tertiary/aromatic N) is 6. The Morgan fingerprint density at radius 3 is 2.13 bits per heavy atom. The number of aryl methyl sites for hydroxylation is 2. The van der Waals surface area contributed by atoms with E-state index in [1.807, 2.05) is 45.2 Å². The van der Waals surface area contributed by atoms with Crippen LogP contribution in [0.1, 0.15) is 88.8 Å². The fourth-order valence-electron chi connectivity index (χ4n) is 7.34. The van der Waals surface area contributed by atoms with Crippen molar-refractivity contribution < 1.29 is 4.74 Å². The first kappa shape index (κ1) is 38.7. The molecule has 0 saturated carbocycles. The number of aromatic nitrogens is 4. The zero-order valence-electron chi connectivity index (χ0n) is 32.6. The second kappa shape index (κ2) is 17.9. The third-order valence-corrected chi connectivity index (χ3v) is 11.9. The largest absolute Gasteiger partial charge is 0.357 e. The third-order valence-electron chi connectivity index (χ3n) is 10.5. The van der Waals surface area contributed by atoms with Gasteiger partial charge >= 0.3 is 0 Å². The van der Waals surface area contributed by atoms with Crippen molar-refractivity contribution in [3.63, 3.8) is 0 Å². The quantitative estimate of drug-likeness (QED) is 0.0649. The lowest BCUT2D eigenvalue weighted by molar-refractivity contribution is -0.0277. The zero-order chi connectivity index (χ0) is 37.4. The number of hydrogen-bond acceptors (Lipinski definition) is 12. The van der Waals surface area contributed by atoms with Crippen LogP contribution in [0.4, 0.5) is 34.9 Å². The molecule has 0 aliphatic carbocycles. The Balaban J connectivity index is 1.00. The van der Waals surface area contributed by atoms with E-state index in [0.29, 0.717) is 36.5 Å². The van der Waals surface area contributed by atoms with Crippen molar-refractivity contribution in [2.75, 3.05) is 54.6 Å². The van der Waals surface area contributed by atoms with Crippen LogP contribution in [0.3, 0.4) is 0 Å². The van der Waals surface area contributed by atoms with E-state index >= 15 is 0 Å². The van der Waals surface area contributed by atoms with Gasteiger partial charge in [-0.3, -0.25) is 0 Å². The Kier molecular flexibility index (Phi) is 13.1. The van der Waals surface area contributed by atoms with Crippen LogP contribution in [0.2, 0.25) is 0 Å². The van der Waals surface area contributed by atoms with Crippen LogP contribution in [0.15, 0.2) is 65.8 Å². The molecule has 0 radical (unpaired) electrons. The van der Waals surface area contributed by atoms with Crippen LogP contribution in [0.5, 0.6) is 0 Å². The van der Waals surface area contributed by atoms with E-state index in [1.54, 1.807) is 0 Å². The van der Waals surface area contributed by atoms with Gasteiger partial charge in [-0.15, -0.1) is 0 Å². The minimum Gasteiger partial charge on any atom is -0.357 e. The number of anilines is 6. The molecule has 0 bridgehead atoms. The molecular weight excluding hydrogens is 681 g/mol. The third kappa shape index (κ3) is 10.4. The van der Waals surface area contributed by atoms with Crippen LogP contribution in [-0.2, 0) is 4.74 Å². The van der Waals surface area contributed by atoms with Gasteiger partial charge in [0, 0.05) is 65.5 Å². The number of hydrogen-bond donors (Lipinski definition) is 4. The standard InChI is InChI=1S/C41H58N10OS/c1-8-19-41(6,49-40-44-27-29(3)38(48-40)46-35-13-10-14-36(25-35)53-51-30(4)15-16-31(51)5)52-23-22-50-20-17-32(18-21-50)33-11-9-12-34(24-33)45-37-28(2)26-43-39(42-7)47-37/h9-14,24-27,30-32H,8,15-23H2,1-7H3,(H2,42,43,45,47)(H2,44,46,48,49). The molecule has 0 amide bonds. The lowest BCUT2D eigenvalue weighted by Crippen LogP contribution is -2.42. The van der Waals surface area contributed by atoms with Gasteiger partial charge in [-0.1, -0.05) is 31.5 Å². The molecule has 53 heavy (non-hydrogen) atoms. The van der Waals surface area contributed by atoms with Gasteiger partial charge < -0.3 is 30.9 Å². The summed E-state index contributed by atoms with van der Waals surface area (Å²) in [6.07, 6.45) is 10.3. The highest BCUT2D eigenvalue weighted by Crippen LogP contribution is 2.36. The highest BCUT2D eigenvalue weighted by molar-refractivity contribution is 7.97. The highest BCUT2D eigenvalue weighted by Gasteiger charge is 2.29. The Hall–Kier alpha value is -3.97. The van der Waals surface area contributed by atoms with Crippen molar-refractivity contribution in [1.29, 1.82) is 0 Å². The first-order valence-electron chi connectivity index (χ1n) is 19.3. The predicted octanol–water partition coefficient (Wildman–Crippen LogP) is 9.12. The molecule has 4 heterocycles. The average Bonchev–Trinajstić information content (AvgIpc) is 3.47. The van der Waals surface area contributed by atoms with Crippen molar-refractivity contribution in [2.45, 2.75) is 109 Å². The Bertz CT molecular complexity index is 1790. The number of nitrogens with one attached hydrogen (secondary N) is 4. The van der Waals surface area contributed by atoms with Crippen molar-refractivity contribution in [1.82, 2.24) is 29.1 Å². The summed E-state index contributed by atoms with van der Waals surface area (Å²) in [4.78, 5) is 22.2. The first-order chi connectivity index (χ1) is 25.6. The van der Waals surface area contributed by atoms with E-state index in [9.17, 15) is 0 Å². The lowest BCUT2D eigenvalue weighted by atomic mass is 9.89. The maximum atomic E-state index is 6.59. The minimum absolute atomic E-state index is 0.528. The monoisotopic (exact) mass is 738 g/mol. The van der Waals surface area contributed by atoms with Gasteiger partial charge in [0.15, 0.2) is 0 Å². The molecule has 2 aliphatic rings. The molecule has 12 heteroatoms. The Morgan fingerprint density at radius 1 is 0.849 bits per heavy atom. The fraction of sp³-hybridized carbons (Fsp3) is 0.512. The predicted molar refractivity (Wildman–Crippen MR) is 220 cm³/mol. The maximum Gasteiger partial charge on any atom is 0.226 e. The molecule has 3 unspecified atom stereocenters. The normalized spacial score (nSPS) is 19.5. The van der Waals surface area contributed by atoms with Crippen molar-refractivity contribution >= 4 is 46.9 Å². The number of piperidine rings is 1. The molecule has 284 valence electrons. The van der Waals surface area contributed by atoms with Gasteiger partial charge in [0.25, 0.3) is 0 Å². The summed E-state index contributed by atoms with van der Waals surface area (Å²) in [6, 6.07) is 18.5. The topological polar surface area (TPSA) is 115 Å². The van der Waals surface area contributed by atoms with Crippen LogP contribution in [0.25, 0.3) is 0 Å². The molecule has 2 saturated heterocycles. The molecular formula is C41H58N10OS. The summed E-state index contributed by atoms with van der Waals surface area (Å²) < 4.78 is 9.11. The molecule has 6 rings (SSSR count). The van der Waals surface area contributed by atoms with E-state index < -0.39 is 5.72 Å². The number of ether oxygens (including phenoxy) is 1. The molecule has 2 fully saturated rings. The second-order valence-electron chi connectivity index (χ2n) is 14.9. The fourth-order valence-corrected chi connectivity index (χ4v) is 8.47.